The van der Waals surface area contributed by atoms with Crippen molar-refractivity contribution in [2.75, 3.05) is 5.32 Å². The van der Waals surface area contributed by atoms with Crippen LogP contribution in [0.1, 0.15) is 19.4 Å². The number of rotatable bonds is 3. The van der Waals surface area contributed by atoms with Gasteiger partial charge in [-0.15, -0.1) is 0 Å². The van der Waals surface area contributed by atoms with Crippen LogP contribution in [0, 0.1) is 17.5 Å². The predicted molar refractivity (Wildman–Crippen MR) is 90.3 cm³/mol. The normalized spacial score (nSPS) is 11.1. The first kappa shape index (κ1) is 19.0. The van der Waals surface area contributed by atoms with Gasteiger partial charge in [0.25, 0.3) is 0 Å². The fourth-order valence-electron chi connectivity index (χ4n) is 2.09. The molecule has 2 amide bonds. The fourth-order valence-corrected chi connectivity index (χ4v) is 2.36. The van der Waals surface area contributed by atoms with E-state index in [0.29, 0.717) is 12.1 Å². The molecule has 0 bridgehead atoms. The van der Waals surface area contributed by atoms with Crippen molar-refractivity contribution in [2.45, 2.75) is 19.4 Å². The Labute approximate surface area is 150 Å². The predicted octanol–water partition coefficient (Wildman–Crippen LogP) is 3.86. The number of carbonyl (C=O) groups is 2. The van der Waals surface area contributed by atoms with E-state index in [1.807, 2.05) is 5.32 Å². The number of hydrogen-bond donors (Lipinski definition) is 2. The zero-order chi connectivity index (χ0) is 18.8. The molecule has 132 valence electrons. The molecule has 0 fully saturated rings. The first-order valence-corrected chi connectivity index (χ1v) is 7.93. The van der Waals surface area contributed by atoms with Crippen molar-refractivity contribution in [1.29, 1.82) is 0 Å². The maximum atomic E-state index is 13.1. The highest BCUT2D eigenvalue weighted by Gasteiger charge is 2.26. The van der Waals surface area contributed by atoms with Crippen LogP contribution in [0.15, 0.2) is 40.9 Å². The SMILES string of the molecule is CC(C)(NC(=O)C(=O)Nc1cc(F)c(F)c(F)c1)c1ccc(Br)cc1. The van der Waals surface area contributed by atoms with Crippen LogP contribution in [0.25, 0.3) is 0 Å². The van der Waals surface area contributed by atoms with E-state index in [-0.39, 0.29) is 5.69 Å². The van der Waals surface area contributed by atoms with Gasteiger partial charge in [-0.05, 0) is 31.5 Å². The highest BCUT2D eigenvalue weighted by Crippen LogP contribution is 2.22. The molecule has 0 spiro atoms. The lowest BCUT2D eigenvalue weighted by molar-refractivity contribution is -0.137. The first-order valence-electron chi connectivity index (χ1n) is 7.14. The highest BCUT2D eigenvalue weighted by molar-refractivity contribution is 9.10. The zero-order valence-electron chi connectivity index (χ0n) is 13.3. The minimum atomic E-state index is -1.65. The van der Waals surface area contributed by atoms with E-state index in [4.69, 9.17) is 0 Å². The Morgan fingerprint density at radius 2 is 1.48 bits per heavy atom. The first-order chi connectivity index (χ1) is 11.6. The topological polar surface area (TPSA) is 58.2 Å². The Balaban J connectivity index is 2.09. The number of hydrogen-bond acceptors (Lipinski definition) is 2. The van der Waals surface area contributed by atoms with E-state index in [2.05, 4.69) is 21.2 Å². The third-order valence-electron chi connectivity index (χ3n) is 3.44. The Hall–Kier alpha value is -2.35. The summed E-state index contributed by atoms with van der Waals surface area (Å²) in [5.74, 6) is -6.72. The molecule has 0 radical (unpaired) electrons. The van der Waals surface area contributed by atoms with E-state index in [1.165, 1.54) is 0 Å². The molecule has 2 N–H and O–H groups in total. The minimum absolute atomic E-state index is 0.363. The minimum Gasteiger partial charge on any atom is -0.339 e. The highest BCUT2D eigenvalue weighted by atomic mass is 79.9. The number of nitrogens with one attached hydrogen (secondary N) is 2. The number of halogens is 4. The molecule has 0 aliphatic heterocycles. The van der Waals surface area contributed by atoms with Crippen molar-refractivity contribution in [3.63, 3.8) is 0 Å². The molecule has 0 aliphatic carbocycles. The summed E-state index contributed by atoms with van der Waals surface area (Å²) in [5, 5.41) is 4.55. The lowest BCUT2D eigenvalue weighted by atomic mass is 9.94. The summed E-state index contributed by atoms with van der Waals surface area (Å²) in [4.78, 5) is 24.0. The number of carbonyl (C=O) groups excluding carboxylic acids is 2. The summed E-state index contributed by atoms with van der Waals surface area (Å²) >= 11 is 3.30. The maximum absolute atomic E-state index is 13.1. The molecule has 2 aromatic carbocycles. The second kappa shape index (κ2) is 7.26. The molecule has 0 atom stereocenters. The molecule has 0 heterocycles. The fraction of sp³-hybridized carbons (Fsp3) is 0.176. The smallest absolute Gasteiger partial charge is 0.313 e. The maximum Gasteiger partial charge on any atom is 0.313 e. The van der Waals surface area contributed by atoms with Gasteiger partial charge < -0.3 is 10.6 Å². The van der Waals surface area contributed by atoms with Crippen LogP contribution in [0.3, 0.4) is 0 Å². The quantitative estimate of drug-likeness (QED) is 0.591. The van der Waals surface area contributed by atoms with E-state index in [0.717, 1.165) is 10.0 Å². The van der Waals surface area contributed by atoms with Crippen molar-refractivity contribution in [2.24, 2.45) is 0 Å². The van der Waals surface area contributed by atoms with Crippen LogP contribution >= 0.6 is 15.9 Å². The van der Waals surface area contributed by atoms with Crippen LogP contribution in [0.2, 0.25) is 0 Å². The van der Waals surface area contributed by atoms with E-state index in [9.17, 15) is 22.8 Å². The average Bonchev–Trinajstić information content (AvgIpc) is 2.52. The van der Waals surface area contributed by atoms with E-state index < -0.39 is 34.8 Å². The molecule has 2 aromatic rings. The van der Waals surface area contributed by atoms with Crippen molar-refractivity contribution in [3.8, 4) is 0 Å². The summed E-state index contributed by atoms with van der Waals surface area (Å²) in [7, 11) is 0. The van der Waals surface area contributed by atoms with Gasteiger partial charge in [-0.3, -0.25) is 9.59 Å². The third-order valence-corrected chi connectivity index (χ3v) is 3.97. The zero-order valence-corrected chi connectivity index (χ0v) is 14.9. The summed E-state index contributed by atoms with van der Waals surface area (Å²) in [6.07, 6.45) is 0. The lowest BCUT2D eigenvalue weighted by Crippen LogP contribution is -2.46. The van der Waals surface area contributed by atoms with Gasteiger partial charge in [0.15, 0.2) is 17.5 Å². The Morgan fingerprint density at radius 3 is 2.00 bits per heavy atom. The third kappa shape index (κ3) is 4.60. The number of benzene rings is 2. The van der Waals surface area contributed by atoms with Crippen LogP contribution < -0.4 is 10.6 Å². The van der Waals surface area contributed by atoms with E-state index in [1.54, 1.807) is 38.1 Å². The molecule has 25 heavy (non-hydrogen) atoms. The summed E-state index contributed by atoms with van der Waals surface area (Å²) in [6, 6.07) is 8.29. The standard InChI is InChI=1S/C17H14BrF3N2O2/c1-17(2,9-3-5-10(18)6-4-9)23-16(25)15(24)22-11-7-12(19)14(21)13(20)8-11/h3-8H,1-2H3,(H,22,24)(H,23,25). The van der Waals surface area contributed by atoms with Crippen LogP contribution in [-0.2, 0) is 15.1 Å². The summed E-state index contributed by atoms with van der Waals surface area (Å²) in [6.45, 7) is 3.39. The van der Waals surface area contributed by atoms with Crippen molar-refractivity contribution >= 4 is 33.4 Å². The van der Waals surface area contributed by atoms with Crippen LogP contribution in [0.5, 0.6) is 0 Å². The largest absolute Gasteiger partial charge is 0.339 e. The Bertz CT molecular complexity index is 800. The molecule has 0 saturated carbocycles. The number of amides is 2. The monoisotopic (exact) mass is 414 g/mol. The molecule has 0 unspecified atom stereocenters. The van der Waals surface area contributed by atoms with Gasteiger partial charge in [-0.2, -0.15) is 0 Å². The molecule has 4 nitrogen and oxygen atoms in total. The van der Waals surface area contributed by atoms with E-state index >= 15 is 0 Å². The molecular formula is C17H14BrF3N2O2. The Kier molecular flexibility index (Phi) is 5.52. The van der Waals surface area contributed by atoms with Crippen molar-refractivity contribution < 1.29 is 22.8 Å². The van der Waals surface area contributed by atoms with Gasteiger partial charge in [0.05, 0.1) is 5.54 Å². The number of anilines is 1. The summed E-state index contributed by atoms with van der Waals surface area (Å²) in [5.41, 5.74) is -0.484. The second-order valence-electron chi connectivity index (χ2n) is 5.79. The lowest BCUT2D eigenvalue weighted by Gasteiger charge is -2.26. The van der Waals surface area contributed by atoms with Gasteiger partial charge in [0.2, 0.25) is 0 Å². The van der Waals surface area contributed by atoms with Crippen molar-refractivity contribution in [1.82, 2.24) is 5.32 Å². The average molecular weight is 415 g/mol. The van der Waals surface area contributed by atoms with Crippen LogP contribution in [-0.4, -0.2) is 11.8 Å². The molecule has 0 aliphatic rings. The van der Waals surface area contributed by atoms with Gasteiger partial charge in [0, 0.05) is 22.3 Å². The van der Waals surface area contributed by atoms with Gasteiger partial charge in [0.1, 0.15) is 0 Å². The van der Waals surface area contributed by atoms with Gasteiger partial charge >= 0.3 is 11.8 Å². The molecule has 0 saturated heterocycles. The molecule has 0 aromatic heterocycles. The Morgan fingerprint density at radius 1 is 0.960 bits per heavy atom. The second-order valence-corrected chi connectivity index (χ2v) is 6.71. The summed E-state index contributed by atoms with van der Waals surface area (Å²) < 4.78 is 40.0. The van der Waals surface area contributed by atoms with Gasteiger partial charge in [-0.25, -0.2) is 13.2 Å². The molecule has 2 rings (SSSR count). The van der Waals surface area contributed by atoms with Crippen molar-refractivity contribution in [3.05, 3.63) is 63.9 Å². The van der Waals surface area contributed by atoms with Crippen LogP contribution in [0.4, 0.5) is 18.9 Å². The van der Waals surface area contributed by atoms with Gasteiger partial charge in [-0.1, -0.05) is 28.1 Å². The molecular weight excluding hydrogens is 401 g/mol. The molecule has 8 heteroatoms.